The number of benzene rings is 2. The van der Waals surface area contributed by atoms with Crippen molar-refractivity contribution in [3.8, 4) is 5.75 Å². The van der Waals surface area contributed by atoms with Crippen LogP contribution < -0.4 is 4.74 Å². The number of thiazole rings is 1. The van der Waals surface area contributed by atoms with E-state index in [4.69, 9.17) is 9.72 Å². The molecule has 184 valence electrons. The van der Waals surface area contributed by atoms with Gasteiger partial charge >= 0.3 is 0 Å². The molecule has 0 aliphatic carbocycles. The van der Waals surface area contributed by atoms with Crippen LogP contribution in [-0.2, 0) is 9.59 Å². The van der Waals surface area contributed by atoms with E-state index in [0.717, 1.165) is 58.8 Å². The van der Waals surface area contributed by atoms with E-state index in [1.165, 1.54) is 0 Å². The summed E-state index contributed by atoms with van der Waals surface area (Å²) in [6, 6.07) is 15.8. The van der Waals surface area contributed by atoms with Gasteiger partial charge in [-0.15, -0.1) is 11.3 Å². The molecule has 0 unspecified atom stereocenters. The first-order valence-electron chi connectivity index (χ1n) is 12.7. The first kappa shape index (κ1) is 23.8. The van der Waals surface area contributed by atoms with Gasteiger partial charge in [0.2, 0.25) is 11.8 Å². The molecule has 3 aromatic rings. The van der Waals surface area contributed by atoms with Crippen LogP contribution in [0.4, 0.5) is 0 Å². The highest BCUT2D eigenvalue weighted by Crippen LogP contribution is 2.43. The minimum absolute atomic E-state index is 0.0122. The molecule has 2 saturated heterocycles. The molecule has 2 amide bonds. The van der Waals surface area contributed by atoms with E-state index in [2.05, 4.69) is 13.0 Å². The van der Waals surface area contributed by atoms with Crippen molar-refractivity contribution in [3.05, 3.63) is 59.1 Å². The first-order valence-corrected chi connectivity index (χ1v) is 13.5. The molecular weight excluding hydrogens is 458 g/mol. The van der Waals surface area contributed by atoms with Crippen molar-refractivity contribution >= 4 is 33.4 Å². The number of rotatable bonds is 7. The summed E-state index contributed by atoms with van der Waals surface area (Å²) in [7, 11) is 1.65. The Morgan fingerprint density at radius 3 is 2.69 bits per heavy atom. The monoisotopic (exact) mass is 491 g/mol. The second-order valence-corrected chi connectivity index (χ2v) is 10.6. The molecule has 5 rings (SSSR count). The minimum Gasteiger partial charge on any atom is -0.497 e. The maximum absolute atomic E-state index is 14.2. The van der Waals surface area contributed by atoms with E-state index in [1.807, 2.05) is 52.3 Å². The van der Waals surface area contributed by atoms with Crippen LogP contribution in [0.3, 0.4) is 0 Å². The Labute approximate surface area is 210 Å². The SMILES string of the molecule is CCCCN1C(=O)CC[C@H](C(=O)N2CCC[C@H]2c2nc3ccccc3s2)[C@H]1c1ccc(OC)cc1. The lowest BCUT2D eigenvalue weighted by Gasteiger charge is -2.42. The van der Waals surface area contributed by atoms with Gasteiger partial charge < -0.3 is 14.5 Å². The van der Waals surface area contributed by atoms with Gasteiger partial charge in [0.25, 0.3) is 0 Å². The molecule has 0 spiro atoms. The van der Waals surface area contributed by atoms with Crippen molar-refractivity contribution in [2.24, 2.45) is 5.92 Å². The largest absolute Gasteiger partial charge is 0.497 e. The van der Waals surface area contributed by atoms with Crippen LogP contribution in [0.1, 0.15) is 68.1 Å². The van der Waals surface area contributed by atoms with Crippen LogP contribution in [0.5, 0.6) is 5.75 Å². The Morgan fingerprint density at radius 1 is 1.14 bits per heavy atom. The Hall–Kier alpha value is -2.93. The van der Waals surface area contributed by atoms with Gasteiger partial charge in [0.05, 0.1) is 35.3 Å². The van der Waals surface area contributed by atoms with Crippen molar-refractivity contribution in [2.45, 2.75) is 57.5 Å². The lowest BCUT2D eigenvalue weighted by Crippen LogP contribution is -2.49. The first-order chi connectivity index (χ1) is 17.1. The predicted octanol–water partition coefficient (Wildman–Crippen LogP) is 5.75. The summed E-state index contributed by atoms with van der Waals surface area (Å²) >= 11 is 1.69. The van der Waals surface area contributed by atoms with Crippen LogP contribution in [0.2, 0.25) is 0 Å². The second-order valence-electron chi connectivity index (χ2n) is 9.51. The van der Waals surface area contributed by atoms with E-state index in [0.29, 0.717) is 19.4 Å². The molecule has 2 aliphatic heterocycles. The standard InChI is InChI=1S/C28H33N3O3S/c1-3-4-17-31-25(32)16-15-21(26(31)19-11-13-20(34-2)14-12-19)28(33)30-18-7-9-23(30)27-29-22-8-5-6-10-24(22)35-27/h5-6,8,10-14,21,23,26H,3-4,7,9,15-18H2,1-2H3/t21-,23-,26+/m0/s1. The van der Waals surface area contributed by atoms with Gasteiger partial charge in [-0.3, -0.25) is 9.59 Å². The Balaban J connectivity index is 1.47. The smallest absolute Gasteiger partial charge is 0.228 e. The fourth-order valence-corrected chi connectivity index (χ4v) is 6.66. The number of hydrogen-bond acceptors (Lipinski definition) is 5. The molecule has 2 aromatic carbocycles. The number of para-hydroxylation sites is 1. The number of unbranched alkanes of at least 4 members (excludes halogenated alkanes) is 1. The van der Waals surface area contributed by atoms with Crippen molar-refractivity contribution in [2.75, 3.05) is 20.2 Å². The van der Waals surface area contributed by atoms with Gasteiger partial charge in [-0.1, -0.05) is 37.6 Å². The molecule has 3 atom stereocenters. The number of nitrogens with zero attached hydrogens (tertiary/aromatic N) is 3. The van der Waals surface area contributed by atoms with Gasteiger partial charge in [0, 0.05) is 19.5 Å². The molecule has 0 bridgehead atoms. The number of carbonyl (C=O) groups is 2. The molecule has 3 heterocycles. The van der Waals surface area contributed by atoms with Gasteiger partial charge in [0.15, 0.2) is 0 Å². The van der Waals surface area contributed by atoms with E-state index in [-0.39, 0.29) is 29.8 Å². The number of aromatic nitrogens is 1. The molecule has 0 N–H and O–H groups in total. The highest BCUT2D eigenvalue weighted by atomic mass is 32.1. The molecule has 35 heavy (non-hydrogen) atoms. The molecular formula is C28H33N3O3S. The summed E-state index contributed by atoms with van der Waals surface area (Å²) < 4.78 is 6.51. The molecule has 1 aromatic heterocycles. The second kappa shape index (κ2) is 10.4. The Morgan fingerprint density at radius 2 is 1.94 bits per heavy atom. The van der Waals surface area contributed by atoms with Gasteiger partial charge in [-0.25, -0.2) is 4.98 Å². The number of carbonyl (C=O) groups excluding carboxylic acids is 2. The third-order valence-electron chi connectivity index (χ3n) is 7.36. The number of likely N-dealkylation sites (tertiary alicyclic amines) is 2. The van der Waals surface area contributed by atoms with Crippen LogP contribution >= 0.6 is 11.3 Å². The van der Waals surface area contributed by atoms with Gasteiger partial charge in [-0.05, 0) is 55.5 Å². The van der Waals surface area contributed by atoms with Gasteiger partial charge in [0.1, 0.15) is 10.8 Å². The summed E-state index contributed by atoms with van der Waals surface area (Å²) in [4.78, 5) is 36.1. The van der Waals surface area contributed by atoms with Crippen LogP contribution in [0.15, 0.2) is 48.5 Å². The average Bonchev–Trinajstić information content (AvgIpc) is 3.54. The molecule has 2 aliphatic rings. The number of ether oxygens (including phenoxy) is 1. The summed E-state index contributed by atoms with van der Waals surface area (Å²) in [5, 5.41) is 1.02. The topological polar surface area (TPSA) is 62.7 Å². The number of amides is 2. The lowest BCUT2D eigenvalue weighted by molar-refractivity contribution is -0.148. The van der Waals surface area contributed by atoms with Crippen molar-refractivity contribution in [3.63, 3.8) is 0 Å². The van der Waals surface area contributed by atoms with Crippen molar-refractivity contribution < 1.29 is 14.3 Å². The van der Waals surface area contributed by atoms with Crippen LogP contribution in [0.25, 0.3) is 10.2 Å². The maximum atomic E-state index is 14.2. The Kier molecular flexibility index (Phi) is 7.04. The van der Waals surface area contributed by atoms with Crippen LogP contribution in [-0.4, -0.2) is 46.8 Å². The summed E-state index contributed by atoms with van der Waals surface area (Å²) in [6.07, 6.45) is 4.85. The fraction of sp³-hybridized carbons (Fsp3) is 0.464. The van der Waals surface area contributed by atoms with E-state index in [9.17, 15) is 9.59 Å². The molecule has 0 saturated carbocycles. The molecule has 0 radical (unpaired) electrons. The third kappa shape index (κ3) is 4.66. The third-order valence-corrected chi connectivity index (χ3v) is 8.50. The molecule has 2 fully saturated rings. The lowest BCUT2D eigenvalue weighted by atomic mass is 9.83. The molecule has 6 nitrogen and oxygen atoms in total. The van der Waals surface area contributed by atoms with Crippen molar-refractivity contribution in [1.29, 1.82) is 0 Å². The normalized spacial score (nSPS) is 22.7. The maximum Gasteiger partial charge on any atom is 0.228 e. The number of methoxy groups -OCH3 is 1. The average molecular weight is 492 g/mol. The highest BCUT2D eigenvalue weighted by molar-refractivity contribution is 7.18. The van der Waals surface area contributed by atoms with E-state index < -0.39 is 0 Å². The number of hydrogen-bond donors (Lipinski definition) is 0. The minimum atomic E-state index is -0.257. The predicted molar refractivity (Wildman–Crippen MR) is 138 cm³/mol. The summed E-state index contributed by atoms with van der Waals surface area (Å²) in [5.74, 6) is 0.816. The zero-order chi connectivity index (χ0) is 24.4. The van der Waals surface area contributed by atoms with Crippen molar-refractivity contribution in [1.82, 2.24) is 14.8 Å². The van der Waals surface area contributed by atoms with Gasteiger partial charge in [-0.2, -0.15) is 0 Å². The van der Waals surface area contributed by atoms with Crippen LogP contribution in [0, 0.1) is 5.92 Å². The fourth-order valence-electron chi connectivity index (χ4n) is 5.55. The zero-order valence-corrected chi connectivity index (χ0v) is 21.3. The zero-order valence-electron chi connectivity index (χ0n) is 20.5. The number of piperidine rings is 1. The molecule has 7 heteroatoms. The van der Waals surface area contributed by atoms with E-state index >= 15 is 0 Å². The van der Waals surface area contributed by atoms with E-state index in [1.54, 1.807) is 18.4 Å². The number of fused-ring (bicyclic) bond motifs is 1. The quantitative estimate of drug-likeness (QED) is 0.422. The summed E-state index contributed by atoms with van der Waals surface area (Å²) in [6.45, 7) is 3.55. The Bertz CT molecular complexity index is 1160. The highest BCUT2D eigenvalue weighted by Gasteiger charge is 2.44. The summed E-state index contributed by atoms with van der Waals surface area (Å²) in [5.41, 5.74) is 2.00.